The molecule has 0 aromatic heterocycles. The predicted molar refractivity (Wildman–Crippen MR) is 91.8 cm³/mol. The molecule has 1 heterocycles. The van der Waals surface area contributed by atoms with Crippen LogP contribution in [0.2, 0.25) is 5.02 Å². The fourth-order valence-electron chi connectivity index (χ4n) is 3.46. The molecule has 1 fully saturated rings. The van der Waals surface area contributed by atoms with Crippen LogP contribution in [0.15, 0.2) is 48.5 Å². The summed E-state index contributed by atoms with van der Waals surface area (Å²) in [6.45, 7) is 2.83. The van der Waals surface area contributed by atoms with Gasteiger partial charge in [0.15, 0.2) is 0 Å². The second-order valence-electron chi connectivity index (χ2n) is 6.11. The third-order valence-corrected chi connectivity index (χ3v) is 4.67. The predicted octanol–water partition coefficient (Wildman–Crippen LogP) is 4.29. The first-order valence-corrected chi connectivity index (χ1v) is 8.24. The standard InChI is InChI=1S/C19H20ClNO2/c1-13-5-2-6-14(11-13)18(15-7-3-8-16(20)12-15)21-10-4-9-17(21)19(22)23/h2-3,5-8,11-12,17-18H,4,9-10H2,1H3,(H,22,23). The number of carboxylic acids is 1. The molecule has 3 rings (SSSR count). The number of carboxylic acid groups (broad SMARTS) is 1. The highest BCUT2D eigenvalue weighted by Gasteiger charge is 2.36. The lowest BCUT2D eigenvalue weighted by Crippen LogP contribution is -2.39. The first-order chi connectivity index (χ1) is 11.1. The third-order valence-electron chi connectivity index (χ3n) is 4.43. The van der Waals surface area contributed by atoms with E-state index >= 15 is 0 Å². The van der Waals surface area contributed by atoms with Crippen LogP contribution >= 0.6 is 11.6 Å². The molecule has 0 spiro atoms. The highest BCUT2D eigenvalue weighted by atomic mass is 35.5. The highest BCUT2D eigenvalue weighted by molar-refractivity contribution is 6.30. The van der Waals surface area contributed by atoms with Crippen LogP contribution in [0.1, 0.15) is 35.6 Å². The minimum Gasteiger partial charge on any atom is -0.480 e. The first-order valence-electron chi connectivity index (χ1n) is 7.87. The van der Waals surface area contributed by atoms with E-state index in [1.165, 1.54) is 5.56 Å². The molecule has 4 heteroatoms. The fourth-order valence-corrected chi connectivity index (χ4v) is 3.65. The Labute approximate surface area is 141 Å². The maximum atomic E-state index is 11.6. The van der Waals surface area contributed by atoms with Gasteiger partial charge < -0.3 is 5.11 Å². The van der Waals surface area contributed by atoms with E-state index in [2.05, 4.69) is 30.0 Å². The average molecular weight is 330 g/mol. The number of likely N-dealkylation sites (tertiary alicyclic amines) is 1. The van der Waals surface area contributed by atoms with Gasteiger partial charge in [0.1, 0.15) is 6.04 Å². The van der Waals surface area contributed by atoms with Gasteiger partial charge in [-0.2, -0.15) is 0 Å². The highest BCUT2D eigenvalue weighted by Crippen LogP contribution is 2.36. The van der Waals surface area contributed by atoms with Gasteiger partial charge in [0.05, 0.1) is 6.04 Å². The number of benzene rings is 2. The number of aryl methyl sites for hydroxylation is 1. The van der Waals surface area contributed by atoms with E-state index in [0.717, 1.165) is 24.1 Å². The van der Waals surface area contributed by atoms with Crippen molar-refractivity contribution in [1.29, 1.82) is 0 Å². The average Bonchev–Trinajstić information content (AvgIpc) is 2.97. The Balaban J connectivity index is 2.08. The molecule has 1 N–H and O–H groups in total. The third kappa shape index (κ3) is 3.41. The minimum absolute atomic E-state index is 0.0859. The van der Waals surface area contributed by atoms with Gasteiger partial charge in [-0.15, -0.1) is 0 Å². The van der Waals surface area contributed by atoms with Crippen molar-refractivity contribution in [3.8, 4) is 0 Å². The van der Waals surface area contributed by atoms with Gasteiger partial charge in [-0.05, 0) is 43.0 Å². The maximum absolute atomic E-state index is 11.6. The number of rotatable bonds is 4. The molecule has 1 saturated heterocycles. The number of hydrogen-bond donors (Lipinski definition) is 1. The quantitative estimate of drug-likeness (QED) is 0.909. The molecule has 0 radical (unpaired) electrons. The van der Waals surface area contributed by atoms with Crippen LogP contribution in [0.25, 0.3) is 0 Å². The molecular formula is C19H20ClNO2. The van der Waals surface area contributed by atoms with Gasteiger partial charge in [0.25, 0.3) is 0 Å². The van der Waals surface area contributed by atoms with E-state index < -0.39 is 12.0 Å². The molecule has 1 aliphatic heterocycles. The van der Waals surface area contributed by atoms with Crippen molar-refractivity contribution in [2.45, 2.75) is 31.8 Å². The van der Waals surface area contributed by atoms with Crippen LogP contribution < -0.4 is 0 Å². The van der Waals surface area contributed by atoms with Crippen LogP contribution in [0.3, 0.4) is 0 Å². The Morgan fingerprint density at radius 2 is 1.91 bits per heavy atom. The summed E-state index contributed by atoms with van der Waals surface area (Å²) in [5, 5.41) is 10.2. The summed E-state index contributed by atoms with van der Waals surface area (Å²) < 4.78 is 0. The zero-order chi connectivity index (χ0) is 16.4. The maximum Gasteiger partial charge on any atom is 0.320 e. The fraction of sp³-hybridized carbons (Fsp3) is 0.316. The smallest absolute Gasteiger partial charge is 0.320 e. The Hall–Kier alpha value is -1.84. The van der Waals surface area contributed by atoms with Gasteiger partial charge in [-0.1, -0.05) is 53.6 Å². The normalized spacial score (nSPS) is 19.7. The van der Waals surface area contributed by atoms with Crippen molar-refractivity contribution >= 4 is 17.6 Å². The van der Waals surface area contributed by atoms with E-state index in [9.17, 15) is 9.90 Å². The monoisotopic (exact) mass is 329 g/mol. The Bertz CT molecular complexity index is 671. The van der Waals surface area contributed by atoms with Gasteiger partial charge in [-0.3, -0.25) is 9.69 Å². The van der Waals surface area contributed by atoms with Crippen LogP contribution in [-0.2, 0) is 4.79 Å². The molecule has 3 nitrogen and oxygen atoms in total. The summed E-state index contributed by atoms with van der Waals surface area (Å²) in [5.41, 5.74) is 3.32. The number of hydrogen-bond acceptors (Lipinski definition) is 2. The second kappa shape index (κ2) is 6.73. The van der Waals surface area contributed by atoms with Crippen molar-refractivity contribution in [1.82, 2.24) is 4.90 Å². The lowest BCUT2D eigenvalue weighted by Gasteiger charge is -2.32. The molecule has 120 valence electrons. The Kier molecular flexibility index (Phi) is 4.69. The Morgan fingerprint density at radius 3 is 2.57 bits per heavy atom. The van der Waals surface area contributed by atoms with E-state index in [-0.39, 0.29) is 6.04 Å². The van der Waals surface area contributed by atoms with Gasteiger partial charge in [0.2, 0.25) is 0 Å². The van der Waals surface area contributed by atoms with E-state index in [1.54, 1.807) is 0 Å². The molecule has 0 amide bonds. The second-order valence-corrected chi connectivity index (χ2v) is 6.54. The van der Waals surface area contributed by atoms with Crippen LogP contribution in [-0.4, -0.2) is 28.6 Å². The molecule has 0 saturated carbocycles. The Morgan fingerprint density at radius 1 is 1.22 bits per heavy atom. The summed E-state index contributed by atoms with van der Waals surface area (Å²) in [6.07, 6.45) is 1.60. The topological polar surface area (TPSA) is 40.5 Å². The molecule has 2 aromatic rings. The van der Waals surface area contributed by atoms with Crippen LogP contribution in [0.5, 0.6) is 0 Å². The molecule has 0 aliphatic carbocycles. The summed E-state index contributed by atoms with van der Waals surface area (Å²) in [5.74, 6) is -0.748. The van der Waals surface area contributed by atoms with Gasteiger partial charge in [-0.25, -0.2) is 0 Å². The lowest BCUT2D eigenvalue weighted by atomic mass is 9.95. The summed E-state index contributed by atoms with van der Waals surface area (Å²) >= 11 is 6.18. The summed E-state index contributed by atoms with van der Waals surface area (Å²) in [7, 11) is 0. The number of nitrogens with zero attached hydrogens (tertiary/aromatic N) is 1. The van der Waals surface area contributed by atoms with Crippen molar-refractivity contribution in [2.24, 2.45) is 0 Å². The zero-order valence-electron chi connectivity index (χ0n) is 13.1. The molecule has 0 bridgehead atoms. The number of aliphatic carboxylic acids is 1. The van der Waals surface area contributed by atoms with Crippen molar-refractivity contribution in [3.05, 3.63) is 70.2 Å². The zero-order valence-corrected chi connectivity index (χ0v) is 13.8. The largest absolute Gasteiger partial charge is 0.480 e. The van der Waals surface area contributed by atoms with Gasteiger partial charge in [0, 0.05) is 11.6 Å². The van der Waals surface area contributed by atoms with E-state index in [1.807, 2.05) is 30.3 Å². The molecule has 23 heavy (non-hydrogen) atoms. The van der Waals surface area contributed by atoms with Crippen LogP contribution in [0.4, 0.5) is 0 Å². The molecular weight excluding hydrogens is 310 g/mol. The van der Waals surface area contributed by atoms with E-state index in [0.29, 0.717) is 11.4 Å². The van der Waals surface area contributed by atoms with Crippen molar-refractivity contribution in [3.63, 3.8) is 0 Å². The molecule has 2 aromatic carbocycles. The van der Waals surface area contributed by atoms with Gasteiger partial charge >= 0.3 is 5.97 Å². The SMILES string of the molecule is Cc1cccc(C(c2cccc(Cl)c2)N2CCCC2C(=O)O)c1. The first kappa shape index (κ1) is 16.0. The lowest BCUT2D eigenvalue weighted by molar-refractivity contribution is -0.142. The summed E-state index contributed by atoms with van der Waals surface area (Å²) in [4.78, 5) is 13.7. The molecule has 2 unspecified atom stereocenters. The van der Waals surface area contributed by atoms with E-state index in [4.69, 9.17) is 11.6 Å². The number of carbonyl (C=O) groups is 1. The van der Waals surface area contributed by atoms with Crippen LogP contribution in [0, 0.1) is 6.92 Å². The minimum atomic E-state index is -0.748. The molecule has 2 atom stereocenters. The summed E-state index contributed by atoms with van der Waals surface area (Å²) in [6, 6.07) is 15.5. The molecule has 1 aliphatic rings. The van der Waals surface area contributed by atoms with Crippen molar-refractivity contribution in [2.75, 3.05) is 6.54 Å². The van der Waals surface area contributed by atoms with Crippen molar-refractivity contribution < 1.29 is 9.90 Å². The number of halogens is 1.